The van der Waals surface area contributed by atoms with Crippen molar-refractivity contribution < 1.29 is 15.0 Å². The van der Waals surface area contributed by atoms with Gasteiger partial charge in [-0.2, -0.15) is 5.10 Å². The van der Waals surface area contributed by atoms with Crippen LogP contribution in [0.25, 0.3) is 0 Å². The number of carboxylic acid groups (broad SMARTS) is 1. The monoisotopic (exact) mass is 198 g/mol. The molecule has 0 saturated carbocycles. The van der Waals surface area contributed by atoms with E-state index >= 15 is 0 Å². The predicted octanol–water partition coefficient (Wildman–Crippen LogP) is 0.336. The van der Waals surface area contributed by atoms with E-state index in [2.05, 4.69) is 5.10 Å². The summed E-state index contributed by atoms with van der Waals surface area (Å²) in [7, 11) is 0. The lowest BCUT2D eigenvalue weighted by molar-refractivity contribution is -0.139. The van der Waals surface area contributed by atoms with E-state index < -0.39 is 12.1 Å². The molecule has 2 N–H and O–H groups in total. The zero-order valence-corrected chi connectivity index (χ0v) is 8.27. The number of aromatic nitrogens is 2. The van der Waals surface area contributed by atoms with Crippen molar-refractivity contribution >= 4 is 5.97 Å². The van der Waals surface area contributed by atoms with Crippen LogP contribution in [0, 0.1) is 13.8 Å². The largest absolute Gasteiger partial charge is 0.481 e. The molecule has 5 nitrogen and oxygen atoms in total. The Morgan fingerprint density at radius 3 is 2.71 bits per heavy atom. The van der Waals surface area contributed by atoms with Gasteiger partial charge in [0.15, 0.2) is 0 Å². The average molecular weight is 198 g/mol. The predicted molar refractivity (Wildman–Crippen MR) is 50.0 cm³/mol. The Morgan fingerprint density at radius 2 is 2.29 bits per heavy atom. The molecule has 0 spiro atoms. The van der Waals surface area contributed by atoms with Gasteiger partial charge in [-0.25, -0.2) is 0 Å². The van der Waals surface area contributed by atoms with Crippen molar-refractivity contribution in [3.63, 3.8) is 0 Å². The van der Waals surface area contributed by atoms with Crippen LogP contribution in [0.1, 0.15) is 17.8 Å². The van der Waals surface area contributed by atoms with Gasteiger partial charge in [-0.1, -0.05) is 0 Å². The van der Waals surface area contributed by atoms with E-state index in [-0.39, 0.29) is 13.0 Å². The van der Waals surface area contributed by atoms with Gasteiger partial charge in [0, 0.05) is 5.69 Å². The summed E-state index contributed by atoms with van der Waals surface area (Å²) in [6.45, 7) is 3.95. The highest BCUT2D eigenvalue weighted by Crippen LogP contribution is 2.04. The van der Waals surface area contributed by atoms with Gasteiger partial charge in [-0.3, -0.25) is 9.48 Å². The second kappa shape index (κ2) is 4.23. The number of aliphatic carboxylic acids is 1. The van der Waals surface area contributed by atoms with Gasteiger partial charge in [-0.05, 0) is 19.9 Å². The first-order chi connectivity index (χ1) is 6.49. The molecule has 1 unspecified atom stereocenters. The summed E-state index contributed by atoms with van der Waals surface area (Å²) in [5.41, 5.74) is 1.79. The van der Waals surface area contributed by atoms with Crippen LogP contribution in [0.15, 0.2) is 6.07 Å². The minimum absolute atomic E-state index is 0.228. The number of aliphatic hydroxyl groups excluding tert-OH is 1. The Bertz CT molecular complexity index is 333. The normalized spacial score (nSPS) is 12.8. The molecule has 0 amide bonds. The number of aryl methyl sites for hydroxylation is 2. The summed E-state index contributed by atoms with van der Waals surface area (Å²) in [5.74, 6) is -1.00. The number of nitrogens with zero attached hydrogens (tertiary/aromatic N) is 2. The first kappa shape index (κ1) is 10.7. The van der Waals surface area contributed by atoms with Crippen molar-refractivity contribution in [3.05, 3.63) is 17.5 Å². The van der Waals surface area contributed by atoms with Gasteiger partial charge in [0.25, 0.3) is 0 Å². The molecule has 1 rings (SSSR count). The summed E-state index contributed by atoms with van der Waals surface area (Å²) < 4.78 is 1.61. The van der Waals surface area contributed by atoms with E-state index in [1.807, 2.05) is 19.9 Å². The molecule has 1 aromatic rings. The minimum atomic E-state index is -1.00. The fraction of sp³-hybridized carbons (Fsp3) is 0.556. The highest BCUT2D eigenvalue weighted by Gasteiger charge is 2.11. The summed E-state index contributed by atoms with van der Waals surface area (Å²) in [6.07, 6.45) is -1.14. The molecule has 0 aliphatic heterocycles. The van der Waals surface area contributed by atoms with Crippen LogP contribution in [-0.4, -0.2) is 32.1 Å². The third kappa shape index (κ3) is 2.85. The summed E-state index contributed by atoms with van der Waals surface area (Å²) in [6, 6.07) is 1.88. The number of carbonyl (C=O) groups is 1. The topological polar surface area (TPSA) is 75.4 Å². The van der Waals surface area contributed by atoms with Crippen molar-refractivity contribution in [2.75, 3.05) is 0 Å². The zero-order chi connectivity index (χ0) is 10.7. The molecule has 0 radical (unpaired) electrons. The van der Waals surface area contributed by atoms with E-state index in [0.717, 1.165) is 11.4 Å². The lowest BCUT2D eigenvalue weighted by atomic mass is 10.2. The van der Waals surface area contributed by atoms with E-state index in [1.165, 1.54) is 0 Å². The molecule has 0 aliphatic rings. The molecule has 1 aromatic heterocycles. The van der Waals surface area contributed by atoms with Crippen molar-refractivity contribution in [3.8, 4) is 0 Å². The van der Waals surface area contributed by atoms with Gasteiger partial charge >= 0.3 is 5.97 Å². The smallest absolute Gasteiger partial charge is 0.306 e. The van der Waals surface area contributed by atoms with Gasteiger partial charge in [0.2, 0.25) is 0 Å². The Morgan fingerprint density at radius 1 is 1.64 bits per heavy atom. The molecule has 0 fully saturated rings. The molecule has 78 valence electrons. The maximum absolute atomic E-state index is 10.3. The van der Waals surface area contributed by atoms with Gasteiger partial charge in [0.05, 0.1) is 24.8 Å². The Labute approximate surface area is 82.0 Å². The number of aliphatic hydroxyl groups is 1. The first-order valence-electron chi connectivity index (χ1n) is 4.40. The van der Waals surface area contributed by atoms with Crippen molar-refractivity contribution in [2.45, 2.75) is 32.9 Å². The van der Waals surface area contributed by atoms with Crippen LogP contribution < -0.4 is 0 Å². The van der Waals surface area contributed by atoms with E-state index in [1.54, 1.807) is 4.68 Å². The summed E-state index contributed by atoms with van der Waals surface area (Å²) >= 11 is 0. The summed E-state index contributed by atoms with van der Waals surface area (Å²) in [5, 5.41) is 21.9. The SMILES string of the molecule is Cc1cc(C)n(CC(O)CC(=O)O)n1. The fourth-order valence-corrected chi connectivity index (χ4v) is 1.33. The van der Waals surface area contributed by atoms with Gasteiger partial charge < -0.3 is 10.2 Å². The van der Waals surface area contributed by atoms with E-state index in [9.17, 15) is 9.90 Å². The molecule has 1 atom stereocenters. The number of hydrogen-bond donors (Lipinski definition) is 2. The van der Waals surface area contributed by atoms with Gasteiger partial charge in [0.1, 0.15) is 0 Å². The quantitative estimate of drug-likeness (QED) is 0.731. The number of rotatable bonds is 4. The van der Waals surface area contributed by atoms with Crippen molar-refractivity contribution in [2.24, 2.45) is 0 Å². The molecule has 14 heavy (non-hydrogen) atoms. The molecule has 0 aliphatic carbocycles. The Hall–Kier alpha value is -1.36. The molecular formula is C9H14N2O3. The number of hydrogen-bond acceptors (Lipinski definition) is 3. The van der Waals surface area contributed by atoms with E-state index in [0.29, 0.717) is 0 Å². The highest BCUT2D eigenvalue weighted by atomic mass is 16.4. The Kier molecular flexibility index (Phi) is 3.24. The van der Waals surface area contributed by atoms with Gasteiger partial charge in [-0.15, -0.1) is 0 Å². The van der Waals surface area contributed by atoms with Crippen LogP contribution in [0.5, 0.6) is 0 Å². The van der Waals surface area contributed by atoms with Crippen molar-refractivity contribution in [1.29, 1.82) is 0 Å². The molecule has 0 saturated heterocycles. The molecule has 0 aromatic carbocycles. The standard InChI is InChI=1S/C9H14N2O3/c1-6-3-7(2)11(10-6)5-8(12)4-9(13)14/h3,8,12H,4-5H2,1-2H3,(H,13,14). The molecule has 0 bridgehead atoms. The van der Waals surface area contributed by atoms with E-state index in [4.69, 9.17) is 5.11 Å². The van der Waals surface area contributed by atoms with Crippen LogP contribution in [0.2, 0.25) is 0 Å². The fourth-order valence-electron chi connectivity index (χ4n) is 1.33. The van der Waals surface area contributed by atoms with Crippen LogP contribution in [0.4, 0.5) is 0 Å². The maximum atomic E-state index is 10.3. The van der Waals surface area contributed by atoms with Crippen molar-refractivity contribution in [1.82, 2.24) is 9.78 Å². The first-order valence-corrected chi connectivity index (χ1v) is 4.40. The van der Waals surface area contributed by atoms with Crippen LogP contribution in [-0.2, 0) is 11.3 Å². The lowest BCUT2D eigenvalue weighted by Crippen LogP contribution is -2.21. The van der Waals surface area contributed by atoms with Crippen LogP contribution >= 0.6 is 0 Å². The Balaban J connectivity index is 2.59. The third-order valence-electron chi connectivity index (χ3n) is 1.90. The number of carboxylic acids is 1. The third-order valence-corrected chi connectivity index (χ3v) is 1.90. The zero-order valence-electron chi connectivity index (χ0n) is 8.27. The maximum Gasteiger partial charge on any atom is 0.306 e. The second-order valence-electron chi connectivity index (χ2n) is 3.36. The van der Waals surface area contributed by atoms with Crippen LogP contribution in [0.3, 0.4) is 0 Å². The highest BCUT2D eigenvalue weighted by molar-refractivity contribution is 5.67. The molecule has 1 heterocycles. The average Bonchev–Trinajstić information content (AvgIpc) is 2.28. The lowest BCUT2D eigenvalue weighted by Gasteiger charge is -2.09. The molecule has 5 heteroatoms. The summed E-state index contributed by atoms with van der Waals surface area (Å²) in [4.78, 5) is 10.3. The molecular weight excluding hydrogens is 184 g/mol. The minimum Gasteiger partial charge on any atom is -0.481 e. The second-order valence-corrected chi connectivity index (χ2v) is 3.36.